The highest BCUT2D eigenvalue weighted by Gasteiger charge is 2.20. The van der Waals surface area contributed by atoms with Crippen molar-refractivity contribution in [1.29, 1.82) is 0 Å². The Bertz CT molecular complexity index is 649. The zero-order valence-electron chi connectivity index (χ0n) is 12.6. The van der Waals surface area contributed by atoms with Crippen molar-refractivity contribution in [1.82, 2.24) is 20.2 Å². The van der Waals surface area contributed by atoms with Crippen LogP contribution in [0.15, 0.2) is 18.2 Å². The van der Waals surface area contributed by atoms with Crippen molar-refractivity contribution in [2.75, 3.05) is 19.6 Å². The fraction of sp³-hybridized carbons (Fsp3) is 0.500. The molecule has 0 radical (unpaired) electrons. The molecular formula is C16H22N4O. The third-order valence-electron chi connectivity index (χ3n) is 4.06. The van der Waals surface area contributed by atoms with E-state index in [1.54, 1.807) is 0 Å². The molecule has 1 aliphatic rings. The average molecular weight is 286 g/mol. The molecule has 0 saturated carbocycles. The number of rotatable bonds is 3. The van der Waals surface area contributed by atoms with Gasteiger partial charge in [0.15, 0.2) is 0 Å². The van der Waals surface area contributed by atoms with Crippen LogP contribution in [-0.4, -0.2) is 46.5 Å². The van der Waals surface area contributed by atoms with Gasteiger partial charge in [0.05, 0.1) is 11.0 Å². The van der Waals surface area contributed by atoms with Crippen molar-refractivity contribution >= 4 is 16.9 Å². The van der Waals surface area contributed by atoms with Crippen LogP contribution in [0.4, 0.5) is 0 Å². The van der Waals surface area contributed by atoms with Gasteiger partial charge in [-0.15, -0.1) is 0 Å². The fourth-order valence-electron chi connectivity index (χ4n) is 2.89. The molecule has 2 heterocycles. The molecule has 5 heteroatoms. The van der Waals surface area contributed by atoms with E-state index in [9.17, 15) is 4.79 Å². The Kier molecular flexibility index (Phi) is 3.92. The van der Waals surface area contributed by atoms with Gasteiger partial charge in [0, 0.05) is 38.5 Å². The summed E-state index contributed by atoms with van der Waals surface area (Å²) in [5.74, 6) is 1.12. The van der Waals surface area contributed by atoms with Crippen molar-refractivity contribution in [2.45, 2.75) is 32.7 Å². The Hall–Kier alpha value is -1.88. The number of para-hydroxylation sites is 1. The lowest BCUT2D eigenvalue weighted by Crippen LogP contribution is -2.51. The lowest BCUT2D eigenvalue weighted by atomic mass is 10.2. The van der Waals surface area contributed by atoms with Gasteiger partial charge in [-0.25, -0.2) is 4.98 Å². The first-order valence-electron chi connectivity index (χ1n) is 7.59. The Morgan fingerprint density at radius 3 is 3.10 bits per heavy atom. The van der Waals surface area contributed by atoms with E-state index in [-0.39, 0.29) is 5.91 Å². The minimum Gasteiger partial charge on any atom is -0.342 e. The second-order valence-electron chi connectivity index (χ2n) is 5.85. The molecule has 1 unspecified atom stereocenters. The summed E-state index contributed by atoms with van der Waals surface area (Å²) in [4.78, 5) is 22.1. The first-order valence-corrected chi connectivity index (χ1v) is 7.59. The molecule has 0 bridgehead atoms. The maximum Gasteiger partial charge on any atom is 0.223 e. The van der Waals surface area contributed by atoms with Crippen LogP contribution in [0.5, 0.6) is 0 Å². The van der Waals surface area contributed by atoms with Gasteiger partial charge >= 0.3 is 0 Å². The minimum atomic E-state index is 0.223. The molecule has 2 N–H and O–H groups in total. The molecule has 1 amide bonds. The first-order chi connectivity index (χ1) is 10.1. The second-order valence-corrected chi connectivity index (χ2v) is 5.85. The zero-order chi connectivity index (χ0) is 14.8. The number of benzene rings is 1. The summed E-state index contributed by atoms with van der Waals surface area (Å²) in [6, 6.07) is 6.49. The molecule has 0 aliphatic carbocycles. The number of nitrogens with one attached hydrogen (secondary N) is 2. The lowest BCUT2D eigenvalue weighted by molar-refractivity contribution is -0.132. The molecule has 21 heavy (non-hydrogen) atoms. The topological polar surface area (TPSA) is 61.0 Å². The van der Waals surface area contributed by atoms with E-state index < -0.39 is 0 Å². The van der Waals surface area contributed by atoms with Gasteiger partial charge in [-0.05, 0) is 25.5 Å². The molecule has 112 valence electrons. The van der Waals surface area contributed by atoms with Crippen molar-refractivity contribution in [2.24, 2.45) is 0 Å². The minimum absolute atomic E-state index is 0.223. The predicted molar refractivity (Wildman–Crippen MR) is 83.2 cm³/mol. The van der Waals surface area contributed by atoms with Gasteiger partial charge in [0.25, 0.3) is 0 Å². The van der Waals surface area contributed by atoms with E-state index in [0.29, 0.717) is 18.9 Å². The number of nitrogens with zero attached hydrogens (tertiary/aromatic N) is 2. The predicted octanol–water partition coefficient (Wildman–Crippen LogP) is 1.62. The number of piperazine rings is 1. The van der Waals surface area contributed by atoms with Crippen LogP contribution in [0.1, 0.15) is 24.7 Å². The SMILES string of the molecule is Cc1cccc2[nH]c(CCC(=O)N3CCNC(C)C3)nc12. The summed E-state index contributed by atoms with van der Waals surface area (Å²) in [5, 5.41) is 3.35. The molecule has 0 spiro atoms. The van der Waals surface area contributed by atoms with Gasteiger partial charge in [-0.3, -0.25) is 4.79 Å². The van der Waals surface area contributed by atoms with E-state index in [1.165, 1.54) is 0 Å². The van der Waals surface area contributed by atoms with Gasteiger partial charge in [-0.1, -0.05) is 12.1 Å². The molecule has 1 aliphatic heterocycles. The highest BCUT2D eigenvalue weighted by Crippen LogP contribution is 2.16. The third kappa shape index (κ3) is 3.08. The quantitative estimate of drug-likeness (QED) is 0.901. The number of aryl methyl sites for hydroxylation is 2. The average Bonchev–Trinajstić information content (AvgIpc) is 2.89. The van der Waals surface area contributed by atoms with Crippen molar-refractivity contribution in [3.63, 3.8) is 0 Å². The summed E-state index contributed by atoms with van der Waals surface area (Å²) in [5.41, 5.74) is 3.22. The van der Waals surface area contributed by atoms with Crippen LogP contribution in [0, 0.1) is 6.92 Å². The summed E-state index contributed by atoms with van der Waals surface area (Å²) in [6.45, 7) is 6.67. The summed E-state index contributed by atoms with van der Waals surface area (Å²) >= 11 is 0. The standard InChI is InChI=1S/C16H22N4O/c1-11-4-3-5-13-16(11)19-14(18-13)6-7-15(21)20-9-8-17-12(2)10-20/h3-5,12,17H,6-10H2,1-2H3,(H,18,19). The highest BCUT2D eigenvalue weighted by molar-refractivity contribution is 5.79. The Labute approximate surface area is 124 Å². The number of aromatic nitrogens is 2. The summed E-state index contributed by atoms with van der Waals surface area (Å²) in [7, 11) is 0. The summed E-state index contributed by atoms with van der Waals surface area (Å²) < 4.78 is 0. The van der Waals surface area contributed by atoms with Crippen LogP contribution < -0.4 is 5.32 Å². The molecule has 1 aromatic heterocycles. The second kappa shape index (κ2) is 5.85. The largest absolute Gasteiger partial charge is 0.342 e. The van der Waals surface area contributed by atoms with E-state index in [1.807, 2.05) is 17.0 Å². The molecule has 3 rings (SSSR count). The maximum absolute atomic E-state index is 12.3. The number of H-pyrrole nitrogens is 1. The molecular weight excluding hydrogens is 264 g/mol. The Morgan fingerprint density at radius 1 is 1.48 bits per heavy atom. The summed E-state index contributed by atoms with van der Waals surface area (Å²) in [6.07, 6.45) is 1.19. The molecule has 5 nitrogen and oxygen atoms in total. The molecule has 1 aromatic carbocycles. The number of imidazole rings is 1. The van der Waals surface area contributed by atoms with E-state index in [0.717, 1.165) is 42.1 Å². The molecule has 1 fully saturated rings. The number of fused-ring (bicyclic) bond motifs is 1. The van der Waals surface area contributed by atoms with Crippen LogP contribution in [-0.2, 0) is 11.2 Å². The van der Waals surface area contributed by atoms with Crippen LogP contribution in [0.3, 0.4) is 0 Å². The molecule has 2 aromatic rings. The van der Waals surface area contributed by atoms with Crippen LogP contribution in [0.2, 0.25) is 0 Å². The Morgan fingerprint density at radius 2 is 2.33 bits per heavy atom. The van der Waals surface area contributed by atoms with Crippen molar-refractivity contribution in [3.05, 3.63) is 29.6 Å². The van der Waals surface area contributed by atoms with Gasteiger partial charge in [-0.2, -0.15) is 0 Å². The zero-order valence-corrected chi connectivity index (χ0v) is 12.6. The number of amides is 1. The number of hydrogen-bond acceptors (Lipinski definition) is 3. The fourth-order valence-corrected chi connectivity index (χ4v) is 2.89. The van der Waals surface area contributed by atoms with Gasteiger partial charge < -0.3 is 15.2 Å². The van der Waals surface area contributed by atoms with Crippen molar-refractivity contribution in [3.8, 4) is 0 Å². The molecule has 1 saturated heterocycles. The van der Waals surface area contributed by atoms with E-state index in [2.05, 4.69) is 35.2 Å². The number of carbonyl (C=O) groups is 1. The van der Waals surface area contributed by atoms with Gasteiger partial charge in [0.2, 0.25) is 5.91 Å². The molecule has 1 atom stereocenters. The number of aromatic amines is 1. The first kappa shape index (κ1) is 14.1. The normalized spacial score (nSPS) is 19.1. The van der Waals surface area contributed by atoms with Crippen LogP contribution in [0.25, 0.3) is 11.0 Å². The maximum atomic E-state index is 12.3. The smallest absolute Gasteiger partial charge is 0.223 e. The highest BCUT2D eigenvalue weighted by atomic mass is 16.2. The third-order valence-corrected chi connectivity index (χ3v) is 4.06. The van der Waals surface area contributed by atoms with E-state index in [4.69, 9.17) is 0 Å². The van der Waals surface area contributed by atoms with E-state index >= 15 is 0 Å². The van der Waals surface area contributed by atoms with Gasteiger partial charge in [0.1, 0.15) is 5.82 Å². The number of carbonyl (C=O) groups excluding carboxylic acids is 1. The van der Waals surface area contributed by atoms with Crippen molar-refractivity contribution < 1.29 is 4.79 Å². The number of hydrogen-bond donors (Lipinski definition) is 2. The lowest BCUT2D eigenvalue weighted by Gasteiger charge is -2.31. The monoisotopic (exact) mass is 286 g/mol. The van der Waals surface area contributed by atoms with Crippen LogP contribution >= 0.6 is 0 Å². The Balaban J connectivity index is 1.63.